The van der Waals surface area contributed by atoms with E-state index in [9.17, 15) is 0 Å². The molecule has 2 aliphatic rings. The molecule has 0 bridgehead atoms. The highest BCUT2D eigenvalue weighted by Gasteiger charge is 2.22. The van der Waals surface area contributed by atoms with Crippen LogP contribution in [-0.4, -0.2) is 62.8 Å². The normalized spacial score (nSPS) is 16.4. The molecule has 1 fully saturated rings. The summed E-state index contributed by atoms with van der Waals surface area (Å²) in [5.74, 6) is 2.55. The molecule has 0 amide bonds. The van der Waals surface area contributed by atoms with Gasteiger partial charge in [0.05, 0.1) is 19.9 Å². The lowest BCUT2D eigenvalue weighted by molar-refractivity contribution is 0.346. The average Bonchev–Trinajstić information content (AvgIpc) is 3.49. The third-order valence-corrected chi connectivity index (χ3v) is 6.85. The van der Waals surface area contributed by atoms with Crippen molar-refractivity contribution in [3.05, 3.63) is 34.3 Å². The first-order chi connectivity index (χ1) is 15.2. The Kier molecular flexibility index (Phi) is 7.17. The van der Waals surface area contributed by atoms with E-state index in [2.05, 4.69) is 39.6 Å². The van der Waals surface area contributed by atoms with Gasteiger partial charge >= 0.3 is 0 Å². The van der Waals surface area contributed by atoms with Crippen LogP contribution in [0.4, 0.5) is 5.13 Å². The molecule has 0 aliphatic carbocycles. The maximum atomic E-state index is 5.50. The van der Waals surface area contributed by atoms with Crippen molar-refractivity contribution in [2.24, 2.45) is 4.99 Å². The predicted molar refractivity (Wildman–Crippen MR) is 127 cm³/mol. The highest BCUT2D eigenvalue weighted by atomic mass is 32.1. The van der Waals surface area contributed by atoms with Crippen LogP contribution in [0.5, 0.6) is 11.5 Å². The number of benzene rings is 1. The smallest absolute Gasteiger partial charge is 0.194 e. The van der Waals surface area contributed by atoms with Crippen molar-refractivity contribution in [3.8, 4) is 11.5 Å². The SMILES string of the molecule is CCNC(=NCCc1csc(N2CCCC2)n1)N1CCc2cc(OC)c(OC)cc2C1. The molecule has 168 valence electrons. The Labute approximate surface area is 189 Å². The molecule has 1 N–H and O–H groups in total. The van der Waals surface area contributed by atoms with Gasteiger partial charge in [0.25, 0.3) is 0 Å². The van der Waals surface area contributed by atoms with Crippen LogP contribution in [0.2, 0.25) is 0 Å². The van der Waals surface area contributed by atoms with Gasteiger partial charge in [-0.3, -0.25) is 4.99 Å². The molecule has 7 nitrogen and oxygen atoms in total. The summed E-state index contributed by atoms with van der Waals surface area (Å²) in [6, 6.07) is 4.20. The van der Waals surface area contributed by atoms with Crippen molar-refractivity contribution in [1.82, 2.24) is 15.2 Å². The first-order valence-corrected chi connectivity index (χ1v) is 12.1. The highest BCUT2D eigenvalue weighted by molar-refractivity contribution is 7.13. The first-order valence-electron chi connectivity index (χ1n) is 11.2. The van der Waals surface area contributed by atoms with Crippen LogP contribution in [-0.2, 0) is 19.4 Å². The molecule has 3 heterocycles. The largest absolute Gasteiger partial charge is 0.493 e. The molecule has 0 saturated carbocycles. The number of ether oxygens (including phenoxy) is 2. The minimum atomic E-state index is 0.737. The number of guanidine groups is 1. The van der Waals surface area contributed by atoms with E-state index in [4.69, 9.17) is 19.5 Å². The van der Waals surface area contributed by atoms with Crippen molar-refractivity contribution in [3.63, 3.8) is 0 Å². The Hall–Kier alpha value is -2.48. The van der Waals surface area contributed by atoms with Crippen molar-refractivity contribution < 1.29 is 9.47 Å². The number of hydrogen-bond donors (Lipinski definition) is 1. The maximum absolute atomic E-state index is 5.50. The van der Waals surface area contributed by atoms with Crippen LogP contribution in [0.15, 0.2) is 22.5 Å². The van der Waals surface area contributed by atoms with E-state index < -0.39 is 0 Å². The van der Waals surface area contributed by atoms with E-state index in [1.54, 1.807) is 25.6 Å². The van der Waals surface area contributed by atoms with E-state index in [1.165, 1.54) is 29.1 Å². The number of thiazole rings is 1. The molecular weight excluding hydrogens is 410 g/mol. The molecule has 0 unspecified atom stereocenters. The summed E-state index contributed by atoms with van der Waals surface area (Å²) < 4.78 is 11.0. The Bertz CT molecular complexity index is 907. The fourth-order valence-corrected chi connectivity index (χ4v) is 5.14. The van der Waals surface area contributed by atoms with E-state index in [-0.39, 0.29) is 0 Å². The quantitative estimate of drug-likeness (QED) is 0.523. The zero-order valence-electron chi connectivity index (χ0n) is 18.8. The Balaban J connectivity index is 1.41. The predicted octanol–water partition coefficient (Wildman–Crippen LogP) is 3.33. The molecule has 0 radical (unpaired) electrons. The second-order valence-electron chi connectivity index (χ2n) is 7.95. The summed E-state index contributed by atoms with van der Waals surface area (Å²) in [7, 11) is 3.37. The van der Waals surface area contributed by atoms with E-state index in [0.717, 1.165) is 75.3 Å². The number of anilines is 1. The first kappa shape index (κ1) is 21.7. The Morgan fingerprint density at radius 2 is 1.87 bits per heavy atom. The van der Waals surface area contributed by atoms with Gasteiger partial charge in [-0.1, -0.05) is 0 Å². The van der Waals surface area contributed by atoms with Gasteiger partial charge in [0.1, 0.15) is 0 Å². The zero-order valence-corrected chi connectivity index (χ0v) is 19.6. The third kappa shape index (κ3) is 5.06. The van der Waals surface area contributed by atoms with E-state index in [1.807, 2.05) is 0 Å². The maximum Gasteiger partial charge on any atom is 0.194 e. The number of methoxy groups -OCH3 is 2. The molecule has 2 aromatic rings. The van der Waals surface area contributed by atoms with Gasteiger partial charge in [-0.05, 0) is 49.4 Å². The summed E-state index contributed by atoms with van der Waals surface area (Å²) >= 11 is 1.76. The number of hydrogen-bond acceptors (Lipinski definition) is 6. The lowest BCUT2D eigenvalue weighted by Crippen LogP contribution is -2.44. The third-order valence-electron chi connectivity index (χ3n) is 5.90. The molecule has 1 saturated heterocycles. The molecule has 31 heavy (non-hydrogen) atoms. The zero-order chi connectivity index (χ0) is 21.6. The lowest BCUT2D eigenvalue weighted by atomic mass is 9.99. The van der Waals surface area contributed by atoms with Gasteiger partial charge in [0, 0.05) is 51.1 Å². The fourth-order valence-electron chi connectivity index (χ4n) is 4.23. The number of aromatic nitrogens is 1. The lowest BCUT2D eigenvalue weighted by Gasteiger charge is -2.32. The van der Waals surface area contributed by atoms with Crippen LogP contribution in [0, 0.1) is 0 Å². The standard InChI is InChI=1S/C23H33N5O2S/c1-4-24-22(25-9-7-19-16-31-23(26-19)27-10-5-6-11-27)28-12-8-17-13-20(29-2)21(30-3)14-18(17)15-28/h13-14,16H,4-12,15H2,1-3H3,(H,24,25). The van der Waals surface area contributed by atoms with Crippen molar-refractivity contribution in [2.75, 3.05) is 51.8 Å². The van der Waals surface area contributed by atoms with Crippen LogP contribution >= 0.6 is 11.3 Å². The number of rotatable bonds is 7. The van der Waals surface area contributed by atoms with Gasteiger partial charge in [0.2, 0.25) is 0 Å². The molecule has 8 heteroatoms. The van der Waals surface area contributed by atoms with Crippen molar-refractivity contribution >= 4 is 22.4 Å². The van der Waals surface area contributed by atoms with Crippen LogP contribution in [0.25, 0.3) is 0 Å². The molecule has 4 rings (SSSR count). The topological polar surface area (TPSA) is 62.2 Å². The monoisotopic (exact) mass is 443 g/mol. The highest BCUT2D eigenvalue weighted by Crippen LogP contribution is 2.33. The van der Waals surface area contributed by atoms with Crippen molar-refractivity contribution in [1.29, 1.82) is 0 Å². The molecule has 0 spiro atoms. The van der Waals surface area contributed by atoms with Gasteiger partial charge in [-0.15, -0.1) is 11.3 Å². The summed E-state index contributed by atoms with van der Waals surface area (Å²) in [4.78, 5) is 14.5. The van der Waals surface area contributed by atoms with Gasteiger partial charge in [-0.2, -0.15) is 0 Å². The number of aliphatic imine (C=N–C) groups is 1. The van der Waals surface area contributed by atoms with Gasteiger partial charge in [0.15, 0.2) is 22.6 Å². The van der Waals surface area contributed by atoms with E-state index in [0.29, 0.717) is 0 Å². The minimum Gasteiger partial charge on any atom is -0.493 e. The van der Waals surface area contributed by atoms with E-state index >= 15 is 0 Å². The average molecular weight is 444 g/mol. The molecule has 2 aliphatic heterocycles. The van der Waals surface area contributed by atoms with Gasteiger partial charge in [-0.25, -0.2) is 4.98 Å². The molecular formula is C23H33N5O2S. The number of nitrogens with one attached hydrogen (secondary N) is 1. The molecule has 0 atom stereocenters. The van der Waals surface area contributed by atoms with Crippen molar-refractivity contribution in [2.45, 2.75) is 39.2 Å². The second-order valence-corrected chi connectivity index (χ2v) is 8.79. The van der Waals surface area contributed by atoms with Crippen LogP contribution in [0.3, 0.4) is 0 Å². The minimum absolute atomic E-state index is 0.737. The molecule has 1 aromatic heterocycles. The number of fused-ring (bicyclic) bond motifs is 1. The van der Waals surface area contributed by atoms with Gasteiger partial charge < -0.3 is 24.6 Å². The Morgan fingerprint density at radius 1 is 1.13 bits per heavy atom. The summed E-state index contributed by atoms with van der Waals surface area (Å²) in [5.41, 5.74) is 3.73. The van der Waals surface area contributed by atoms with Crippen LogP contribution in [0.1, 0.15) is 36.6 Å². The summed E-state index contributed by atoms with van der Waals surface area (Å²) in [6.07, 6.45) is 4.39. The Morgan fingerprint density at radius 3 is 2.58 bits per heavy atom. The second kappa shape index (κ2) is 10.2. The fraction of sp³-hybridized carbons (Fsp3) is 0.565. The summed E-state index contributed by atoms with van der Waals surface area (Å²) in [5, 5.41) is 6.82. The number of nitrogens with zero attached hydrogens (tertiary/aromatic N) is 4. The van der Waals surface area contributed by atoms with Crippen LogP contribution < -0.4 is 19.7 Å². The molecule has 1 aromatic carbocycles. The summed E-state index contributed by atoms with van der Waals surface area (Å²) in [6.45, 7) is 7.74.